The van der Waals surface area contributed by atoms with Crippen LogP contribution in [0.2, 0.25) is 0 Å². The summed E-state index contributed by atoms with van der Waals surface area (Å²) in [5, 5.41) is 2.72. The number of rotatable bonds is 6. The molecular weight excluding hydrogens is 308 g/mol. The van der Waals surface area contributed by atoms with Crippen LogP contribution in [0, 0.1) is 0 Å². The molecule has 24 heavy (non-hydrogen) atoms. The van der Waals surface area contributed by atoms with Crippen LogP contribution in [0.25, 0.3) is 0 Å². The minimum absolute atomic E-state index is 0.0653. The summed E-state index contributed by atoms with van der Waals surface area (Å²) in [7, 11) is 3.77. The molecule has 1 aliphatic carbocycles. The van der Waals surface area contributed by atoms with Crippen LogP contribution in [0.15, 0.2) is 29.5 Å². The second-order valence-electron chi connectivity index (χ2n) is 6.06. The predicted octanol–water partition coefficient (Wildman–Crippen LogP) is 0.293. The van der Waals surface area contributed by atoms with Crippen molar-refractivity contribution < 1.29 is 4.79 Å². The number of anilines is 1. The molecule has 2 heterocycles. The summed E-state index contributed by atoms with van der Waals surface area (Å²) in [6.07, 6.45) is 5.26. The molecule has 1 saturated carbocycles. The zero-order chi connectivity index (χ0) is 17.1. The Kier molecular flexibility index (Phi) is 4.54. The number of carbonyl (C=O) groups is 1. The molecule has 0 bridgehead atoms. The molecule has 0 aliphatic heterocycles. The van der Waals surface area contributed by atoms with Gasteiger partial charge in [-0.25, -0.2) is 15.0 Å². The van der Waals surface area contributed by atoms with E-state index in [-0.39, 0.29) is 24.6 Å². The summed E-state index contributed by atoms with van der Waals surface area (Å²) in [5.74, 6) is 1.42. The molecule has 0 aromatic carbocycles. The summed E-state index contributed by atoms with van der Waals surface area (Å²) in [5.41, 5.74) is 0.624. The van der Waals surface area contributed by atoms with Gasteiger partial charge >= 0.3 is 0 Å². The number of hydrogen-bond donors (Lipinski definition) is 1. The van der Waals surface area contributed by atoms with Crippen LogP contribution in [-0.4, -0.2) is 39.5 Å². The van der Waals surface area contributed by atoms with Crippen LogP contribution in [0.4, 0.5) is 5.82 Å². The Bertz CT molecular complexity index is 797. The normalized spacial score (nSPS) is 13.6. The van der Waals surface area contributed by atoms with Gasteiger partial charge in [0.1, 0.15) is 18.2 Å². The topological polar surface area (TPSA) is 93.0 Å². The predicted molar refractivity (Wildman–Crippen MR) is 88.7 cm³/mol. The van der Waals surface area contributed by atoms with Crippen LogP contribution in [0.5, 0.6) is 0 Å². The van der Waals surface area contributed by atoms with Crippen molar-refractivity contribution in [2.75, 3.05) is 19.0 Å². The van der Waals surface area contributed by atoms with Gasteiger partial charge in [-0.05, 0) is 18.9 Å². The molecule has 8 nitrogen and oxygen atoms in total. The summed E-state index contributed by atoms with van der Waals surface area (Å²) in [4.78, 5) is 38.6. The van der Waals surface area contributed by atoms with Gasteiger partial charge < -0.3 is 10.2 Å². The van der Waals surface area contributed by atoms with Gasteiger partial charge in [0.25, 0.3) is 5.56 Å². The van der Waals surface area contributed by atoms with E-state index in [1.807, 2.05) is 19.0 Å². The van der Waals surface area contributed by atoms with Crippen molar-refractivity contribution in [2.24, 2.45) is 0 Å². The van der Waals surface area contributed by atoms with E-state index in [0.29, 0.717) is 11.7 Å². The molecule has 1 amide bonds. The van der Waals surface area contributed by atoms with E-state index in [1.165, 1.54) is 17.0 Å². The average Bonchev–Trinajstić information content (AvgIpc) is 3.40. The van der Waals surface area contributed by atoms with Gasteiger partial charge in [-0.1, -0.05) is 0 Å². The Morgan fingerprint density at radius 3 is 2.83 bits per heavy atom. The monoisotopic (exact) mass is 328 g/mol. The summed E-state index contributed by atoms with van der Waals surface area (Å²) < 4.78 is 1.30. The van der Waals surface area contributed by atoms with Crippen molar-refractivity contribution in [1.82, 2.24) is 24.8 Å². The zero-order valence-corrected chi connectivity index (χ0v) is 13.8. The highest BCUT2D eigenvalue weighted by atomic mass is 16.2. The molecule has 0 spiro atoms. The lowest BCUT2D eigenvalue weighted by atomic mass is 10.3. The van der Waals surface area contributed by atoms with E-state index in [1.54, 1.807) is 12.3 Å². The summed E-state index contributed by atoms with van der Waals surface area (Å²) in [6, 6.07) is 3.31. The van der Waals surface area contributed by atoms with Crippen LogP contribution in [0.1, 0.15) is 30.3 Å². The first-order chi connectivity index (χ1) is 11.5. The maximum Gasteiger partial charge on any atom is 0.254 e. The Morgan fingerprint density at radius 2 is 2.17 bits per heavy atom. The number of nitrogens with zero attached hydrogens (tertiary/aromatic N) is 5. The van der Waals surface area contributed by atoms with Crippen molar-refractivity contribution in [1.29, 1.82) is 0 Å². The quantitative estimate of drug-likeness (QED) is 0.819. The fourth-order valence-electron chi connectivity index (χ4n) is 2.27. The van der Waals surface area contributed by atoms with Crippen LogP contribution in [0.3, 0.4) is 0 Å². The first-order valence-corrected chi connectivity index (χ1v) is 7.85. The lowest BCUT2D eigenvalue weighted by Crippen LogP contribution is -2.32. The first-order valence-electron chi connectivity index (χ1n) is 7.85. The maximum absolute atomic E-state index is 12.0. The number of aromatic nitrogens is 4. The summed E-state index contributed by atoms with van der Waals surface area (Å²) in [6.45, 7) is 0.146. The SMILES string of the molecule is CN(C)c1ccnc(CNC(=O)Cn2cnc(C3CC3)cc2=O)n1. The van der Waals surface area contributed by atoms with Gasteiger partial charge in [-0.2, -0.15) is 0 Å². The lowest BCUT2D eigenvalue weighted by molar-refractivity contribution is -0.121. The van der Waals surface area contributed by atoms with Gasteiger partial charge in [0.2, 0.25) is 5.91 Å². The van der Waals surface area contributed by atoms with Crippen LogP contribution < -0.4 is 15.8 Å². The number of carbonyl (C=O) groups excluding carboxylic acids is 1. The minimum atomic E-state index is -0.281. The van der Waals surface area contributed by atoms with E-state index in [9.17, 15) is 9.59 Å². The highest BCUT2D eigenvalue weighted by Crippen LogP contribution is 2.38. The standard InChI is InChI=1S/C16H20N6O2/c1-21(2)14-5-6-17-13(20-14)8-18-15(23)9-22-10-19-12(7-16(22)24)11-3-4-11/h5-7,10-11H,3-4,8-9H2,1-2H3,(H,18,23). The molecule has 2 aromatic heterocycles. The van der Waals surface area contributed by atoms with Crippen molar-refractivity contribution >= 4 is 11.7 Å². The third kappa shape index (κ3) is 3.95. The smallest absolute Gasteiger partial charge is 0.254 e. The van der Waals surface area contributed by atoms with E-state index in [2.05, 4.69) is 20.3 Å². The van der Waals surface area contributed by atoms with Crippen molar-refractivity contribution in [2.45, 2.75) is 31.8 Å². The zero-order valence-electron chi connectivity index (χ0n) is 13.8. The van der Waals surface area contributed by atoms with Crippen LogP contribution >= 0.6 is 0 Å². The maximum atomic E-state index is 12.0. The molecule has 1 N–H and O–H groups in total. The molecule has 1 fully saturated rings. The van der Waals surface area contributed by atoms with Crippen molar-refractivity contribution in [3.05, 3.63) is 46.5 Å². The second-order valence-corrected chi connectivity index (χ2v) is 6.06. The number of amides is 1. The Balaban J connectivity index is 1.58. The van der Waals surface area contributed by atoms with Crippen molar-refractivity contribution in [3.8, 4) is 0 Å². The van der Waals surface area contributed by atoms with Gasteiger partial charge in [0.15, 0.2) is 0 Å². The number of nitrogens with one attached hydrogen (secondary N) is 1. The van der Waals surface area contributed by atoms with Gasteiger partial charge in [-0.3, -0.25) is 14.2 Å². The van der Waals surface area contributed by atoms with Gasteiger partial charge in [-0.15, -0.1) is 0 Å². The van der Waals surface area contributed by atoms with Gasteiger partial charge in [0, 0.05) is 32.3 Å². The first kappa shape index (κ1) is 16.1. The highest BCUT2D eigenvalue weighted by Gasteiger charge is 2.25. The Labute approximate surface area is 139 Å². The fraction of sp³-hybridized carbons (Fsp3) is 0.438. The van der Waals surface area contributed by atoms with E-state index < -0.39 is 0 Å². The van der Waals surface area contributed by atoms with Crippen molar-refractivity contribution in [3.63, 3.8) is 0 Å². The lowest BCUT2D eigenvalue weighted by Gasteiger charge is -2.12. The molecule has 3 rings (SSSR count). The average molecular weight is 328 g/mol. The third-order valence-electron chi connectivity index (χ3n) is 3.80. The van der Waals surface area contributed by atoms with E-state index in [0.717, 1.165) is 24.4 Å². The van der Waals surface area contributed by atoms with E-state index >= 15 is 0 Å². The van der Waals surface area contributed by atoms with E-state index in [4.69, 9.17) is 0 Å². The summed E-state index contributed by atoms with van der Waals surface area (Å²) >= 11 is 0. The molecule has 126 valence electrons. The van der Waals surface area contributed by atoms with Crippen LogP contribution in [-0.2, 0) is 17.9 Å². The molecule has 0 saturated heterocycles. The highest BCUT2D eigenvalue weighted by molar-refractivity contribution is 5.75. The minimum Gasteiger partial charge on any atom is -0.363 e. The Hall–Kier alpha value is -2.77. The fourth-order valence-corrected chi connectivity index (χ4v) is 2.27. The largest absolute Gasteiger partial charge is 0.363 e. The molecule has 8 heteroatoms. The Morgan fingerprint density at radius 1 is 1.38 bits per heavy atom. The second kappa shape index (κ2) is 6.77. The van der Waals surface area contributed by atoms with Gasteiger partial charge in [0.05, 0.1) is 18.6 Å². The molecule has 2 aromatic rings. The molecule has 1 aliphatic rings. The third-order valence-corrected chi connectivity index (χ3v) is 3.80. The molecule has 0 atom stereocenters. The molecular formula is C16H20N6O2. The molecule has 0 radical (unpaired) electrons. The molecule has 0 unspecified atom stereocenters. The number of hydrogen-bond acceptors (Lipinski definition) is 6.